The molecule has 0 spiro atoms. The standard InChI is InChI=1S/C23H22FN3O2S3/c1-4-27-22(29)20-19(16-5-7-17(24)8-6-16)14(2)32-21(20)25-23(27)31-13-18(28)26(3)11-15-9-10-30-12-15/h5-10,12H,4,11,13H2,1-3H3. The Balaban J connectivity index is 1.64. The first-order valence-corrected chi connectivity index (χ1v) is 12.8. The van der Waals surface area contributed by atoms with E-state index >= 15 is 0 Å². The zero-order valence-corrected chi connectivity index (χ0v) is 20.4. The minimum Gasteiger partial charge on any atom is -0.341 e. The lowest BCUT2D eigenvalue weighted by Gasteiger charge is -2.17. The Hall–Kier alpha value is -2.49. The number of thiophene rings is 2. The van der Waals surface area contributed by atoms with E-state index in [1.807, 2.05) is 30.7 Å². The molecule has 166 valence electrons. The zero-order chi connectivity index (χ0) is 22.8. The summed E-state index contributed by atoms with van der Waals surface area (Å²) >= 11 is 4.33. The lowest BCUT2D eigenvalue weighted by molar-refractivity contribution is -0.127. The van der Waals surface area contributed by atoms with Crippen molar-refractivity contribution in [1.29, 1.82) is 0 Å². The molecule has 0 aliphatic rings. The number of halogens is 1. The first-order chi connectivity index (χ1) is 15.4. The van der Waals surface area contributed by atoms with Gasteiger partial charge in [-0.2, -0.15) is 11.3 Å². The van der Waals surface area contributed by atoms with Gasteiger partial charge in [-0.3, -0.25) is 14.2 Å². The molecule has 5 nitrogen and oxygen atoms in total. The molecule has 0 atom stereocenters. The number of hydrogen-bond donors (Lipinski definition) is 0. The van der Waals surface area contributed by atoms with Gasteiger partial charge in [0.05, 0.1) is 11.1 Å². The van der Waals surface area contributed by atoms with Gasteiger partial charge in [0.1, 0.15) is 10.6 Å². The van der Waals surface area contributed by atoms with Gasteiger partial charge in [-0.1, -0.05) is 23.9 Å². The Bertz CT molecular complexity index is 1310. The molecule has 0 radical (unpaired) electrons. The summed E-state index contributed by atoms with van der Waals surface area (Å²) in [6.07, 6.45) is 0. The topological polar surface area (TPSA) is 55.2 Å². The molecule has 0 saturated carbocycles. The maximum Gasteiger partial charge on any atom is 0.263 e. The molecule has 3 heterocycles. The molecule has 3 aromatic heterocycles. The molecular weight excluding hydrogens is 465 g/mol. The summed E-state index contributed by atoms with van der Waals surface area (Å²) in [4.78, 5) is 34.0. The largest absolute Gasteiger partial charge is 0.341 e. The van der Waals surface area contributed by atoms with Crippen molar-refractivity contribution in [2.75, 3.05) is 12.8 Å². The SMILES string of the molecule is CCn1c(SCC(=O)N(C)Cc2ccsc2)nc2sc(C)c(-c3ccc(F)cc3)c2c1=O. The third-order valence-electron chi connectivity index (χ3n) is 5.15. The fourth-order valence-electron chi connectivity index (χ4n) is 3.51. The quantitative estimate of drug-likeness (QED) is 0.259. The van der Waals surface area contributed by atoms with Crippen LogP contribution in [-0.4, -0.2) is 33.2 Å². The number of fused-ring (bicyclic) bond motifs is 1. The molecule has 4 rings (SSSR count). The lowest BCUT2D eigenvalue weighted by Crippen LogP contribution is -2.28. The third kappa shape index (κ3) is 4.51. The predicted octanol–water partition coefficient (Wildman–Crippen LogP) is 5.40. The summed E-state index contributed by atoms with van der Waals surface area (Å²) in [7, 11) is 1.78. The smallest absolute Gasteiger partial charge is 0.263 e. The molecule has 4 aromatic rings. The van der Waals surface area contributed by atoms with Gasteiger partial charge in [-0.25, -0.2) is 9.37 Å². The number of carbonyl (C=O) groups is 1. The van der Waals surface area contributed by atoms with E-state index in [1.165, 1.54) is 35.2 Å². The van der Waals surface area contributed by atoms with Crippen molar-refractivity contribution in [3.63, 3.8) is 0 Å². The van der Waals surface area contributed by atoms with Crippen LogP contribution in [0.25, 0.3) is 21.3 Å². The molecule has 9 heteroatoms. The van der Waals surface area contributed by atoms with Gasteiger partial charge in [-0.05, 0) is 53.9 Å². The van der Waals surface area contributed by atoms with Crippen LogP contribution in [-0.2, 0) is 17.9 Å². The van der Waals surface area contributed by atoms with Crippen molar-refractivity contribution in [3.8, 4) is 11.1 Å². The summed E-state index contributed by atoms with van der Waals surface area (Å²) in [5.74, 6) is -0.136. The summed E-state index contributed by atoms with van der Waals surface area (Å²) in [5, 5.41) is 5.10. The average Bonchev–Trinajstić information content (AvgIpc) is 3.40. The van der Waals surface area contributed by atoms with Crippen LogP contribution in [0.3, 0.4) is 0 Å². The first-order valence-electron chi connectivity index (χ1n) is 10.1. The summed E-state index contributed by atoms with van der Waals surface area (Å²) in [6, 6.07) is 8.16. The van der Waals surface area contributed by atoms with E-state index in [-0.39, 0.29) is 23.0 Å². The third-order valence-corrected chi connectivity index (χ3v) is 7.84. The van der Waals surface area contributed by atoms with Gasteiger partial charge in [-0.15, -0.1) is 11.3 Å². The average molecular weight is 488 g/mol. The maximum absolute atomic E-state index is 13.4. The maximum atomic E-state index is 13.4. The monoisotopic (exact) mass is 487 g/mol. The molecule has 0 fully saturated rings. The van der Waals surface area contributed by atoms with E-state index in [4.69, 9.17) is 4.98 Å². The highest BCUT2D eigenvalue weighted by Crippen LogP contribution is 2.36. The second-order valence-electron chi connectivity index (χ2n) is 7.33. The van der Waals surface area contributed by atoms with Crippen LogP contribution >= 0.6 is 34.4 Å². The number of rotatable bonds is 7. The fourth-order valence-corrected chi connectivity index (χ4v) is 6.26. The number of carbonyl (C=O) groups excluding carboxylic acids is 1. The van der Waals surface area contributed by atoms with Crippen molar-refractivity contribution >= 4 is 50.6 Å². The molecule has 0 saturated heterocycles. The molecule has 0 bridgehead atoms. The van der Waals surface area contributed by atoms with Crippen LogP contribution in [0, 0.1) is 12.7 Å². The molecule has 0 aliphatic carbocycles. The van der Waals surface area contributed by atoms with E-state index in [1.54, 1.807) is 40.0 Å². The van der Waals surface area contributed by atoms with Crippen molar-refractivity contribution in [1.82, 2.24) is 14.5 Å². The van der Waals surface area contributed by atoms with Crippen LogP contribution in [0.5, 0.6) is 0 Å². The number of amides is 1. The van der Waals surface area contributed by atoms with Crippen LogP contribution < -0.4 is 5.56 Å². The van der Waals surface area contributed by atoms with E-state index in [9.17, 15) is 14.0 Å². The van der Waals surface area contributed by atoms with E-state index < -0.39 is 0 Å². The fraction of sp³-hybridized carbons (Fsp3) is 0.261. The number of aromatic nitrogens is 2. The summed E-state index contributed by atoms with van der Waals surface area (Å²) in [5.41, 5.74) is 2.56. The second-order valence-corrected chi connectivity index (χ2v) is 10.3. The molecule has 0 aliphatic heterocycles. The summed E-state index contributed by atoms with van der Waals surface area (Å²) in [6.45, 7) is 4.83. The van der Waals surface area contributed by atoms with Gasteiger partial charge in [0, 0.05) is 30.6 Å². The van der Waals surface area contributed by atoms with Crippen molar-refractivity contribution in [2.45, 2.75) is 32.1 Å². The van der Waals surface area contributed by atoms with Crippen LogP contribution in [0.4, 0.5) is 4.39 Å². The van der Waals surface area contributed by atoms with Crippen LogP contribution in [0.2, 0.25) is 0 Å². The normalized spacial score (nSPS) is 11.2. The molecule has 0 unspecified atom stereocenters. The van der Waals surface area contributed by atoms with Crippen molar-refractivity contribution in [3.05, 3.63) is 67.7 Å². The number of aryl methyl sites for hydroxylation is 1. The second kappa shape index (κ2) is 9.56. The van der Waals surface area contributed by atoms with E-state index in [0.29, 0.717) is 28.5 Å². The Morgan fingerprint density at radius 1 is 1.25 bits per heavy atom. The highest BCUT2D eigenvalue weighted by Gasteiger charge is 2.20. The predicted molar refractivity (Wildman–Crippen MR) is 131 cm³/mol. The Labute approximate surface area is 197 Å². The number of thioether (sulfide) groups is 1. The molecule has 0 N–H and O–H groups in total. The lowest BCUT2D eigenvalue weighted by atomic mass is 10.0. The van der Waals surface area contributed by atoms with Gasteiger partial charge in [0.25, 0.3) is 5.56 Å². The summed E-state index contributed by atoms with van der Waals surface area (Å²) < 4.78 is 15.0. The van der Waals surface area contributed by atoms with E-state index in [2.05, 4.69) is 0 Å². The molecule has 1 amide bonds. The minimum atomic E-state index is -0.317. The molecule has 1 aromatic carbocycles. The number of benzene rings is 1. The van der Waals surface area contributed by atoms with Gasteiger partial charge < -0.3 is 4.90 Å². The van der Waals surface area contributed by atoms with Crippen LogP contribution in [0.1, 0.15) is 17.4 Å². The van der Waals surface area contributed by atoms with Crippen molar-refractivity contribution in [2.24, 2.45) is 0 Å². The van der Waals surface area contributed by atoms with Gasteiger partial charge >= 0.3 is 0 Å². The first kappa shape index (κ1) is 22.7. The minimum absolute atomic E-state index is 0.0208. The number of hydrogen-bond acceptors (Lipinski definition) is 6. The molecular formula is C23H22FN3O2S3. The van der Waals surface area contributed by atoms with Crippen molar-refractivity contribution < 1.29 is 9.18 Å². The Morgan fingerprint density at radius 2 is 2.00 bits per heavy atom. The van der Waals surface area contributed by atoms with Gasteiger partial charge in [0.15, 0.2) is 5.16 Å². The highest BCUT2D eigenvalue weighted by molar-refractivity contribution is 7.99. The van der Waals surface area contributed by atoms with E-state index in [0.717, 1.165) is 21.6 Å². The molecule has 32 heavy (non-hydrogen) atoms. The van der Waals surface area contributed by atoms with Crippen LogP contribution in [0.15, 0.2) is 51.0 Å². The van der Waals surface area contributed by atoms with Gasteiger partial charge in [0.2, 0.25) is 5.91 Å². The highest BCUT2D eigenvalue weighted by atomic mass is 32.2. The Morgan fingerprint density at radius 3 is 2.66 bits per heavy atom. The zero-order valence-electron chi connectivity index (χ0n) is 17.9. The number of nitrogens with zero attached hydrogens (tertiary/aromatic N) is 3. The Kier molecular flexibility index (Phi) is 6.78.